The van der Waals surface area contributed by atoms with Crippen molar-refractivity contribution < 1.29 is 45.0 Å². The zero-order valence-electron chi connectivity index (χ0n) is 27.4. The van der Waals surface area contributed by atoms with Crippen LogP contribution >= 0.6 is 0 Å². The van der Waals surface area contributed by atoms with E-state index >= 15 is 0 Å². The normalized spacial score (nSPS) is 32.9. The van der Waals surface area contributed by atoms with Crippen LogP contribution < -0.4 is 10.6 Å². The van der Waals surface area contributed by atoms with Crippen LogP contribution in [-0.4, -0.2) is 123 Å². The predicted octanol–water partition coefficient (Wildman–Crippen LogP) is 0.793. The molecule has 2 aromatic rings. The highest BCUT2D eigenvalue weighted by atomic mass is 32.3. The Morgan fingerprint density at radius 2 is 1.14 bits per heavy atom. The fourth-order valence-corrected chi connectivity index (χ4v) is 9.89. The Morgan fingerprint density at radius 1 is 0.706 bits per heavy atom. The molecule has 2 saturated carbocycles. The number of fused-ring (bicyclic) bond motifs is 6. The minimum Gasteiger partial charge on any atom is -0.416 e. The molecule has 272 valence electrons. The lowest BCUT2D eigenvalue weighted by Crippen LogP contribution is -2.45. The number of nitrogens with zero attached hydrogens (tertiary/aromatic N) is 8. The van der Waals surface area contributed by atoms with Crippen LogP contribution in [-0.2, 0) is 19.0 Å². The minimum absolute atomic E-state index is 0.108. The van der Waals surface area contributed by atoms with E-state index in [2.05, 4.69) is 31.0 Å². The van der Waals surface area contributed by atoms with Crippen molar-refractivity contribution >= 4 is 34.0 Å². The maximum atomic E-state index is 13.7. The van der Waals surface area contributed by atoms with E-state index in [1.54, 1.807) is 0 Å². The summed E-state index contributed by atoms with van der Waals surface area (Å²) in [5.41, 5.74) is -0.909. The number of amides is 4. The van der Waals surface area contributed by atoms with Crippen LogP contribution in [0, 0.1) is 10.8 Å². The minimum atomic E-state index is -4.98. The summed E-state index contributed by atoms with van der Waals surface area (Å²) < 4.78 is 49.5. The van der Waals surface area contributed by atoms with Crippen LogP contribution in [0.1, 0.15) is 109 Å². The van der Waals surface area contributed by atoms with Gasteiger partial charge in [0.2, 0.25) is 23.3 Å². The lowest BCUT2D eigenvalue weighted by molar-refractivity contribution is -0.101. The molecule has 2 aliphatic carbocycles. The van der Waals surface area contributed by atoms with Gasteiger partial charge in [-0.2, -0.15) is 18.5 Å². The number of hydrogen-bond donors (Lipinski definition) is 2. The number of aromatic nitrogens is 4. The fourth-order valence-electron chi connectivity index (χ4n) is 9.13. The van der Waals surface area contributed by atoms with Gasteiger partial charge in [-0.15, -0.1) is 29.0 Å². The molecule has 20 nitrogen and oxygen atoms in total. The third-order valence-corrected chi connectivity index (χ3v) is 13.0. The van der Waals surface area contributed by atoms with Crippen molar-refractivity contribution in [1.82, 2.24) is 51.0 Å². The molecule has 2 N–H and O–H groups in total. The Morgan fingerprint density at radius 3 is 1.51 bits per heavy atom. The maximum absolute atomic E-state index is 13.7. The van der Waals surface area contributed by atoms with Crippen molar-refractivity contribution in [3.8, 4) is 0 Å². The number of urea groups is 2. The lowest BCUT2D eigenvalue weighted by atomic mass is 9.85. The second kappa shape index (κ2) is 11.0. The average molecular weight is 729 g/mol. The first-order valence-corrected chi connectivity index (χ1v) is 18.9. The van der Waals surface area contributed by atoms with Crippen LogP contribution in [0.4, 0.5) is 9.59 Å². The van der Waals surface area contributed by atoms with Gasteiger partial charge >= 0.3 is 22.5 Å². The first kappa shape index (κ1) is 31.7. The molecule has 10 rings (SSSR count). The number of nitrogens with one attached hydrogen (secondary N) is 2. The van der Waals surface area contributed by atoms with Crippen LogP contribution in [0.3, 0.4) is 0 Å². The maximum Gasteiger partial charge on any atom is 0.442 e. The Bertz CT molecular complexity index is 1800. The summed E-state index contributed by atoms with van der Waals surface area (Å²) in [5, 5.41) is 24.1. The van der Waals surface area contributed by atoms with E-state index in [4.69, 9.17) is 17.4 Å². The van der Waals surface area contributed by atoms with Gasteiger partial charge in [0.05, 0.1) is 24.2 Å². The summed E-state index contributed by atoms with van der Waals surface area (Å²) in [7, 11) is -4.98. The van der Waals surface area contributed by atoms with E-state index in [1.807, 2.05) is 0 Å². The second-order valence-corrected chi connectivity index (χ2v) is 16.3. The molecule has 0 radical (unpaired) electrons. The zero-order valence-corrected chi connectivity index (χ0v) is 28.2. The highest BCUT2D eigenvalue weighted by Gasteiger charge is 2.67. The van der Waals surface area contributed by atoms with E-state index in [0.29, 0.717) is 51.4 Å². The van der Waals surface area contributed by atoms with Crippen LogP contribution in [0.2, 0.25) is 0 Å². The zero-order chi connectivity index (χ0) is 34.9. The van der Waals surface area contributed by atoms with Gasteiger partial charge in [0.15, 0.2) is 0 Å². The Balaban J connectivity index is 0.849. The van der Waals surface area contributed by atoms with Crippen molar-refractivity contribution in [2.24, 2.45) is 10.8 Å². The molecule has 2 spiro atoms. The van der Waals surface area contributed by atoms with Gasteiger partial charge in [-0.05, 0) is 88.1 Å². The number of hydrogen-bond acceptors (Lipinski definition) is 16. The van der Waals surface area contributed by atoms with Gasteiger partial charge in [-0.25, -0.2) is 9.59 Å². The molecule has 21 heteroatoms. The van der Waals surface area contributed by atoms with Gasteiger partial charge in [0, 0.05) is 13.1 Å². The fraction of sp³-hybridized carbons (Fsp3) is 0.733. The SMILES string of the molecule is O=C(c1nnc([C@@H]2CC3(CC3)[C@@H]3CN2C(=O)N3OS(=O)(=O)ON2C(=O)N3C[C@H]2C2(CC2)C[C@H]3c2nnc(C(=O)[C@@H]3CCCN3)o2)o1)[C@@H]1CCCN1. The molecular weight excluding hydrogens is 692 g/mol. The second-order valence-electron chi connectivity index (χ2n) is 15.2. The van der Waals surface area contributed by atoms with E-state index in [9.17, 15) is 27.6 Å². The highest BCUT2D eigenvalue weighted by Crippen LogP contribution is 2.63. The van der Waals surface area contributed by atoms with Crippen molar-refractivity contribution in [2.45, 2.75) is 100 Å². The van der Waals surface area contributed by atoms with E-state index in [-0.39, 0.29) is 48.2 Å². The Hall–Kier alpha value is -4.05. The number of Topliss-reactive ketones (excluding diaryl/α,β-unsaturated/α-hetero) is 2. The van der Waals surface area contributed by atoms with Crippen LogP contribution in [0.25, 0.3) is 0 Å². The van der Waals surface area contributed by atoms with Gasteiger partial charge in [0.25, 0.3) is 11.8 Å². The van der Waals surface area contributed by atoms with Gasteiger partial charge in [-0.1, -0.05) is 0 Å². The summed E-state index contributed by atoms with van der Waals surface area (Å²) in [6.07, 6.45) is 6.78. The molecule has 8 heterocycles. The van der Waals surface area contributed by atoms with Crippen molar-refractivity contribution in [3.05, 3.63) is 23.6 Å². The molecule has 6 aliphatic heterocycles. The van der Waals surface area contributed by atoms with E-state index < -0.39 is 69.5 Å². The highest BCUT2D eigenvalue weighted by molar-refractivity contribution is 7.81. The molecule has 8 aliphatic rings. The van der Waals surface area contributed by atoms with Crippen molar-refractivity contribution in [2.75, 3.05) is 26.2 Å². The van der Waals surface area contributed by atoms with Crippen molar-refractivity contribution in [1.29, 1.82) is 0 Å². The molecule has 2 aromatic heterocycles. The standard InChI is InChI=1S/C30H36N10O10S/c41-21(15-3-1-9-31-15)25-35-33-23(47-25)17-11-29(5-6-29)19-13-37(17)27(43)39(19)49-51(45,46)50-40-20-14-38(28(40)44)18(12-30(20)7-8-30)24-34-36-26(48-24)22(42)16-4-2-10-32-16/h15-20,31-32H,1-14H2/t15-,16-,17-,18-,19-,20-/m0/s1. The molecule has 51 heavy (non-hydrogen) atoms. The number of hydroxylamine groups is 4. The topological polar surface area (TPSA) is 236 Å². The summed E-state index contributed by atoms with van der Waals surface area (Å²) in [5.74, 6) is -0.644. The monoisotopic (exact) mass is 728 g/mol. The molecule has 4 bridgehead atoms. The number of carbonyl (C=O) groups is 4. The van der Waals surface area contributed by atoms with Gasteiger partial charge < -0.3 is 29.3 Å². The Kier molecular flexibility index (Phi) is 6.82. The lowest BCUT2D eigenvalue weighted by Gasteiger charge is -2.35. The quantitative estimate of drug-likeness (QED) is 0.322. The summed E-state index contributed by atoms with van der Waals surface area (Å²) in [6.45, 7) is 1.74. The Labute approximate surface area is 290 Å². The van der Waals surface area contributed by atoms with E-state index in [1.165, 1.54) is 9.80 Å². The van der Waals surface area contributed by atoms with Gasteiger partial charge in [-0.3, -0.25) is 9.59 Å². The predicted molar refractivity (Wildman–Crippen MR) is 164 cm³/mol. The van der Waals surface area contributed by atoms with Crippen LogP contribution in [0.15, 0.2) is 8.83 Å². The molecule has 0 unspecified atom stereocenters. The summed E-state index contributed by atoms with van der Waals surface area (Å²) in [4.78, 5) is 56.0. The van der Waals surface area contributed by atoms with Gasteiger partial charge in [0.1, 0.15) is 12.1 Å². The number of rotatable bonds is 10. The largest absolute Gasteiger partial charge is 0.442 e. The number of carbonyl (C=O) groups excluding carboxylic acids is 4. The number of piperidine rings is 2. The molecule has 4 amide bonds. The molecule has 0 aromatic carbocycles. The average Bonchev–Trinajstić information content (AvgIpc) is 3.66. The molecule has 6 atom stereocenters. The van der Waals surface area contributed by atoms with Crippen molar-refractivity contribution in [3.63, 3.8) is 0 Å². The van der Waals surface area contributed by atoms with E-state index in [0.717, 1.165) is 36.1 Å². The summed E-state index contributed by atoms with van der Waals surface area (Å²) >= 11 is 0. The summed E-state index contributed by atoms with van der Waals surface area (Å²) in [6, 6.07) is -4.80. The smallest absolute Gasteiger partial charge is 0.416 e. The molecular formula is C30H36N10O10S. The molecule has 6 saturated heterocycles. The molecule has 8 fully saturated rings. The number of ketones is 2. The third-order valence-electron chi connectivity index (χ3n) is 12.3. The third kappa shape index (κ3) is 4.95. The first-order chi connectivity index (χ1) is 24.5. The first-order valence-electron chi connectivity index (χ1n) is 17.6. The van der Waals surface area contributed by atoms with Crippen LogP contribution in [0.5, 0.6) is 0 Å².